The fourth-order valence-electron chi connectivity index (χ4n) is 3.86. The summed E-state index contributed by atoms with van der Waals surface area (Å²) in [5, 5.41) is 19.1. The van der Waals surface area contributed by atoms with E-state index in [0.29, 0.717) is 49.4 Å². The van der Waals surface area contributed by atoms with Crippen molar-refractivity contribution >= 4 is 6.09 Å². The Morgan fingerprint density at radius 3 is 2.50 bits per heavy atom. The number of nitriles is 1. The minimum Gasteiger partial charge on any atom is -0.491 e. The summed E-state index contributed by atoms with van der Waals surface area (Å²) in [5.41, 5.74) is 0.577. The monoisotopic (exact) mass is 389 g/mol. The van der Waals surface area contributed by atoms with E-state index in [1.165, 1.54) is 0 Å². The van der Waals surface area contributed by atoms with Crippen molar-refractivity contribution in [2.24, 2.45) is 11.8 Å². The van der Waals surface area contributed by atoms with Crippen LogP contribution < -0.4 is 4.74 Å². The quantitative estimate of drug-likeness (QED) is 0.661. The first-order valence-corrected chi connectivity index (χ1v) is 9.53. The van der Waals surface area contributed by atoms with Gasteiger partial charge in [-0.25, -0.2) is 4.79 Å². The lowest BCUT2D eigenvalue weighted by atomic mass is 10.0. The van der Waals surface area contributed by atoms with E-state index in [1.807, 2.05) is 0 Å². The van der Waals surface area contributed by atoms with Gasteiger partial charge in [0.25, 0.3) is 0 Å². The van der Waals surface area contributed by atoms with Crippen LogP contribution in [0.2, 0.25) is 0 Å². The lowest BCUT2D eigenvalue weighted by molar-refractivity contribution is 0.0656. The summed E-state index contributed by atoms with van der Waals surface area (Å²) in [6.07, 6.45) is -0.863. The molecule has 0 saturated carbocycles. The average Bonchev–Trinajstić information content (AvgIpc) is 3.25. The van der Waals surface area contributed by atoms with Crippen LogP contribution in [0.1, 0.15) is 5.56 Å². The number of hydrogen-bond donors (Lipinski definition) is 1. The summed E-state index contributed by atoms with van der Waals surface area (Å²) < 4.78 is 15.7. The first kappa shape index (κ1) is 20.4. The molecule has 3 rings (SSSR count). The summed E-state index contributed by atoms with van der Waals surface area (Å²) in [6.45, 7) is 4.55. The Labute approximate surface area is 165 Å². The molecule has 2 saturated heterocycles. The van der Waals surface area contributed by atoms with E-state index in [-0.39, 0.29) is 19.3 Å². The van der Waals surface area contributed by atoms with Gasteiger partial charge in [-0.1, -0.05) is 0 Å². The second kappa shape index (κ2) is 9.73. The Hall–Kier alpha value is -2.34. The van der Waals surface area contributed by atoms with Crippen LogP contribution in [0.3, 0.4) is 0 Å². The minimum absolute atomic E-state index is 0.204. The molecule has 2 heterocycles. The molecule has 28 heavy (non-hydrogen) atoms. The number of rotatable bonds is 8. The van der Waals surface area contributed by atoms with Gasteiger partial charge in [0.15, 0.2) is 0 Å². The first-order chi connectivity index (χ1) is 13.6. The number of hydrogen-bond acceptors (Lipinski definition) is 7. The maximum atomic E-state index is 12.0. The van der Waals surface area contributed by atoms with Gasteiger partial charge in [-0.15, -0.1) is 0 Å². The zero-order valence-corrected chi connectivity index (χ0v) is 16.1. The SMILES string of the molecule is COCCOC(=O)N1CC2CN(C[C@H](O)COc3ccc(C#N)cc3)CC2C1. The maximum Gasteiger partial charge on any atom is 0.409 e. The summed E-state index contributed by atoms with van der Waals surface area (Å²) in [7, 11) is 1.58. The maximum absolute atomic E-state index is 12.0. The lowest BCUT2D eigenvalue weighted by Gasteiger charge is -2.23. The molecule has 2 unspecified atom stereocenters. The molecule has 8 heteroatoms. The van der Waals surface area contributed by atoms with Gasteiger partial charge in [0.1, 0.15) is 25.1 Å². The molecule has 0 radical (unpaired) electrons. The summed E-state index contributed by atoms with van der Waals surface area (Å²) in [6, 6.07) is 8.90. The second-order valence-corrected chi connectivity index (χ2v) is 7.35. The number of methoxy groups -OCH3 is 1. The number of carbonyl (C=O) groups is 1. The average molecular weight is 389 g/mol. The van der Waals surface area contributed by atoms with Crippen LogP contribution in [-0.2, 0) is 9.47 Å². The number of likely N-dealkylation sites (tertiary alicyclic amines) is 2. The molecule has 0 bridgehead atoms. The highest BCUT2D eigenvalue weighted by Gasteiger charge is 2.42. The Morgan fingerprint density at radius 2 is 1.89 bits per heavy atom. The molecule has 1 aromatic carbocycles. The van der Waals surface area contributed by atoms with Gasteiger partial charge < -0.3 is 24.2 Å². The third-order valence-corrected chi connectivity index (χ3v) is 5.23. The van der Waals surface area contributed by atoms with Crippen molar-refractivity contribution in [1.29, 1.82) is 5.26 Å². The molecule has 0 spiro atoms. The summed E-state index contributed by atoms with van der Waals surface area (Å²) in [5.74, 6) is 1.47. The summed E-state index contributed by atoms with van der Waals surface area (Å²) in [4.78, 5) is 16.0. The molecular weight excluding hydrogens is 362 g/mol. The normalized spacial score (nSPS) is 22.5. The van der Waals surface area contributed by atoms with Gasteiger partial charge in [0, 0.05) is 39.8 Å². The van der Waals surface area contributed by atoms with E-state index in [1.54, 1.807) is 36.3 Å². The standard InChI is InChI=1S/C20H27N3O5/c1-26-6-7-27-20(25)23-11-16-9-22(10-17(16)12-23)13-18(24)14-28-19-4-2-15(8-21)3-5-19/h2-5,16-18,24H,6-7,9-14H2,1H3/t16?,17?,18-/m0/s1. The topological polar surface area (TPSA) is 95.3 Å². The number of aliphatic hydroxyl groups excluding tert-OH is 1. The largest absolute Gasteiger partial charge is 0.491 e. The molecule has 3 atom stereocenters. The number of fused-ring (bicyclic) bond motifs is 1. The summed E-state index contributed by atoms with van der Waals surface area (Å²) >= 11 is 0. The number of aliphatic hydroxyl groups is 1. The van der Waals surface area contributed by atoms with Crippen molar-refractivity contribution in [2.45, 2.75) is 6.10 Å². The molecule has 8 nitrogen and oxygen atoms in total. The van der Waals surface area contributed by atoms with Gasteiger partial charge in [-0.2, -0.15) is 5.26 Å². The Kier molecular flexibility index (Phi) is 7.09. The molecule has 1 aromatic rings. The van der Waals surface area contributed by atoms with Gasteiger partial charge in [-0.3, -0.25) is 4.90 Å². The first-order valence-electron chi connectivity index (χ1n) is 9.53. The van der Waals surface area contributed by atoms with Crippen molar-refractivity contribution < 1.29 is 24.1 Å². The zero-order chi connectivity index (χ0) is 19.9. The number of ether oxygens (including phenoxy) is 3. The van der Waals surface area contributed by atoms with Crippen LogP contribution in [0, 0.1) is 23.2 Å². The fraction of sp³-hybridized carbons (Fsp3) is 0.600. The van der Waals surface area contributed by atoms with Crippen LogP contribution in [0.25, 0.3) is 0 Å². The molecule has 1 amide bonds. The van der Waals surface area contributed by atoms with E-state index < -0.39 is 6.10 Å². The molecule has 0 aliphatic carbocycles. The third kappa shape index (κ3) is 5.35. The van der Waals surface area contributed by atoms with Crippen LogP contribution >= 0.6 is 0 Å². The molecule has 2 aliphatic rings. The molecule has 2 aliphatic heterocycles. The van der Waals surface area contributed by atoms with E-state index in [4.69, 9.17) is 19.5 Å². The number of carbonyl (C=O) groups excluding carboxylic acids is 1. The number of β-amino-alcohol motifs (C(OH)–C–C–N with tert-alkyl or cyclic N) is 1. The van der Waals surface area contributed by atoms with Crippen LogP contribution in [0.15, 0.2) is 24.3 Å². The lowest BCUT2D eigenvalue weighted by Crippen LogP contribution is -2.38. The van der Waals surface area contributed by atoms with Gasteiger partial charge >= 0.3 is 6.09 Å². The van der Waals surface area contributed by atoms with E-state index >= 15 is 0 Å². The zero-order valence-electron chi connectivity index (χ0n) is 16.1. The van der Waals surface area contributed by atoms with Gasteiger partial charge in [0.2, 0.25) is 0 Å². The number of amides is 1. The number of benzene rings is 1. The second-order valence-electron chi connectivity index (χ2n) is 7.35. The minimum atomic E-state index is -0.593. The fourth-order valence-corrected chi connectivity index (χ4v) is 3.86. The molecule has 1 N–H and O–H groups in total. The smallest absolute Gasteiger partial charge is 0.409 e. The molecule has 0 aromatic heterocycles. The van der Waals surface area contributed by atoms with Crippen molar-refractivity contribution in [3.05, 3.63) is 29.8 Å². The third-order valence-electron chi connectivity index (χ3n) is 5.23. The van der Waals surface area contributed by atoms with Gasteiger partial charge in [0.05, 0.1) is 18.2 Å². The Balaban J connectivity index is 1.36. The van der Waals surface area contributed by atoms with Crippen molar-refractivity contribution in [3.8, 4) is 11.8 Å². The van der Waals surface area contributed by atoms with E-state index in [2.05, 4.69) is 11.0 Å². The van der Waals surface area contributed by atoms with Crippen molar-refractivity contribution in [1.82, 2.24) is 9.80 Å². The Morgan fingerprint density at radius 1 is 1.21 bits per heavy atom. The molecular formula is C20H27N3O5. The van der Waals surface area contributed by atoms with E-state index in [0.717, 1.165) is 13.1 Å². The van der Waals surface area contributed by atoms with Crippen LogP contribution in [0.4, 0.5) is 4.79 Å². The highest BCUT2D eigenvalue weighted by molar-refractivity contribution is 5.68. The predicted molar refractivity (Wildman–Crippen MR) is 101 cm³/mol. The predicted octanol–water partition coefficient (Wildman–Crippen LogP) is 0.945. The molecule has 152 valence electrons. The highest BCUT2D eigenvalue weighted by atomic mass is 16.6. The molecule has 2 fully saturated rings. The van der Waals surface area contributed by atoms with E-state index in [9.17, 15) is 9.90 Å². The van der Waals surface area contributed by atoms with Gasteiger partial charge in [-0.05, 0) is 36.1 Å². The highest BCUT2D eigenvalue weighted by Crippen LogP contribution is 2.31. The Bertz CT molecular complexity index is 676. The van der Waals surface area contributed by atoms with Crippen molar-refractivity contribution in [3.63, 3.8) is 0 Å². The van der Waals surface area contributed by atoms with Crippen molar-refractivity contribution in [2.75, 3.05) is 59.7 Å². The number of nitrogens with zero attached hydrogens (tertiary/aromatic N) is 3. The van der Waals surface area contributed by atoms with Crippen LogP contribution in [0.5, 0.6) is 5.75 Å². The van der Waals surface area contributed by atoms with Crippen LogP contribution in [-0.4, -0.2) is 86.8 Å².